The lowest BCUT2D eigenvalue weighted by Gasteiger charge is -2.18. The minimum atomic E-state index is -0.197. The van der Waals surface area contributed by atoms with Gasteiger partial charge in [-0.05, 0) is 24.0 Å². The second-order valence-corrected chi connectivity index (χ2v) is 5.96. The van der Waals surface area contributed by atoms with Gasteiger partial charge in [-0.1, -0.05) is 75.9 Å². The van der Waals surface area contributed by atoms with E-state index in [2.05, 4.69) is 25.6 Å². The molecule has 1 unspecified atom stereocenters. The molecular weight excluding hydrogens is 272 g/mol. The van der Waals surface area contributed by atoms with Crippen LogP contribution in [0.3, 0.4) is 0 Å². The van der Waals surface area contributed by atoms with Crippen molar-refractivity contribution in [2.24, 2.45) is 0 Å². The molecule has 0 amide bonds. The molecule has 1 rings (SSSR count). The number of ether oxygens (including phenoxy) is 1. The van der Waals surface area contributed by atoms with Gasteiger partial charge in [0.15, 0.2) is 0 Å². The largest absolute Gasteiger partial charge is 0.462 e. The van der Waals surface area contributed by atoms with Gasteiger partial charge in [0, 0.05) is 13.3 Å². The van der Waals surface area contributed by atoms with E-state index in [1.165, 1.54) is 39.0 Å². The third-order valence-electron chi connectivity index (χ3n) is 3.87. The van der Waals surface area contributed by atoms with Crippen LogP contribution >= 0.6 is 0 Å². The summed E-state index contributed by atoms with van der Waals surface area (Å²) in [7, 11) is 0. The maximum Gasteiger partial charge on any atom is 0.302 e. The molecule has 0 heterocycles. The standard InChI is InChI=1S/C20H30O2/c1-4-5-6-7-8-12-15-20(22-18(3)21)16-17(2)19-13-10-9-11-14-19/h9-11,13-14,20H,2,4-8,12,15-16H2,1,3H3. The van der Waals surface area contributed by atoms with E-state index in [0.717, 1.165) is 30.4 Å². The lowest BCUT2D eigenvalue weighted by molar-refractivity contribution is -0.146. The van der Waals surface area contributed by atoms with Gasteiger partial charge in [-0.2, -0.15) is 0 Å². The van der Waals surface area contributed by atoms with Crippen molar-refractivity contribution >= 4 is 11.5 Å². The van der Waals surface area contributed by atoms with E-state index in [1.54, 1.807) is 0 Å². The van der Waals surface area contributed by atoms with Gasteiger partial charge in [-0.25, -0.2) is 0 Å². The summed E-state index contributed by atoms with van der Waals surface area (Å²) in [5.74, 6) is -0.197. The second-order valence-electron chi connectivity index (χ2n) is 5.96. The number of hydrogen-bond acceptors (Lipinski definition) is 2. The van der Waals surface area contributed by atoms with Gasteiger partial charge in [0.25, 0.3) is 0 Å². The molecule has 0 N–H and O–H groups in total. The fourth-order valence-corrected chi connectivity index (χ4v) is 2.66. The van der Waals surface area contributed by atoms with Crippen LogP contribution < -0.4 is 0 Å². The average Bonchev–Trinajstić information content (AvgIpc) is 2.51. The monoisotopic (exact) mass is 302 g/mol. The highest BCUT2D eigenvalue weighted by Gasteiger charge is 2.14. The van der Waals surface area contributed by atoms with Crippen molar-refractivity contribution in [3.63, 3.8) is 0 Å². The zero-order chi connectivity index (χ0) is 16.2. The summed E-state index contributed by atoms with van der Waals surface area (Å²) in [6.07, 6.45) is 9.11. The molecule has 0 bridgehead atoms. The van der Waals surface area contributed by atoms with Crippen LogP contribution in [0.25, 0.3) is 5.57 Å². The van der Waals surface area contributed by atoms with E-state index < -0.39 is 0 Å². The number of benzene rings is 1. The van der Waals surface area contributed by atoms with Crippen LogP contribution in [0.1, 0.15) is 70.8 Å². The van der Waals surface area contributed by atoms with E-state index in [-0.39, 0.29) is 12.1 Å². The summed E-state index contributed by atoms with van der Waals surface area (Å²) in [5, 5.41) is 0. The van der Waals surface area contributed by atoms with E-state index >= 15 is 0 Å². The Morgan fingerprint density at radius 2 is 1.73 bits per heavy atom. The average molecular weight is 302 g/mol. The molecule has 1 aromatic rings. The molecular formula is C20H30O2. The normalized spacial score (nSPS) is 11.9. The molecule has 122 valence electrons. The number of carbonyl (C=O) groups is 1. The van der Waals surface area contributed by atoms with Crippen molar-refractivity contribution in [1.82, 2.24) is 0 Å². The maximum absolute atomic E-state index is 11.3. The van der Waals surface area contributed by atoms with Crippen molar-refractivity contribution in [3.8, 4) is 0 Å². The first-order valence-electron chi connectivity index (χ1n) is 8.54. The Morgan fingerprint density at radius 1 is 1.09 bits per heavy atom. The lowest BCUT2D eigenvalue weighted by atomic mass is 9.98. The van der Waals surface area contributed by atoms with E-state index in [0.29, 0.717) is 0 Å². The number of unbranched alkanes of at least 4 members (excludes halogenated alkanes) is 5. The SMILES string of the molecule is C=C(CC(CCCCCCCC)OC(C)=O)c1ccccc1. The van der Waals surface area contributed by atoms with Crippen LogP contribution in [-0.2, 0) is 9.53 Å². The summed E-state index contributed by atoms with van der Waals surface area (Å²) >= 11 is 0. The van der Waals surface area contributed by atoms with Gasteiger partial charge in [0.2, 0.25) is 0 Å². The summed E-state index contributed by atoms with van der Waals surface area (Å²) in [6, 6.07) is 10.1. The smallest absolute Gasteiger partial charge is 0.302 e. The molecule has 0 fully saturated rings. The molecule has 0 spiro atoms. The van der Waals surface area contributed by atoms with Crippen molar-refractivity contribution < 1.29 is 9.53 Å². The first kappa shape index (κ1) is 18.5. The Balaban J connectivity index is 2.40. The summed E-state index contributed by atoms with van der Waals surface area (Å²) in [4.78, 5) is 11.3. The van der Waals surface area contributed by atoms with Gasteiger partial charge in [-0.3, -0.25) is 4.79 Å². The molecule has 0 saturated heterocycles. The fourth-order valence-electron chi connectivity index (χ4n) is 2.66. The predicted molar refractivity (Wildman–Crippen MR) is 93.6 cm³/mol. The van der Waals surface area contributed by atoms with Gasteiger partial charge in [-0.15, -0.1) is 0 Å². The maximum atomic E-state index is 11.3. The van der Waals surface area contributed by atoms with Gasteiger partial charge in [0.1, 0.15) is 6.10 Å². The van der Waals surface area contributed by atoms with Crippen molar-refractivity contribution in [2.45, 2.75) is 71.3 Å². The third-order valence-corrected chi connectivity index (χ3v) is 3.87. The molecule has 0 aliphatic carbocycles. The lowest BCUT2D eigenvalue weighted by Crippen LogP contribution is -2.16. The molecule has 0 aliphatic heterocycles. The number of esters is 1. The Hall–Kier alpha value is -1.57. The number of hydrogen-bond donors (Lipinski definition) is 0. The van der Waals surface area contributed by atoms with E-state index in [9.17, 15) is 4.79 Å². The molecule has 1 aromatic carbocycles. The van der Waals surface area contributed by atoms with Crippen LogP contribution in [-0.4, -0.2) is 12.1 Å². The van der Waals surface area contributed by atoms with Gasteiger partial charge < -0.3 is 4.74 Å². The van der Waals surface area contributed by atoms with Crippen LogP contribution in [0, 0.1) is 0 Å². The zero-order valence-electron chi connectivity index (χ0n) is 14.1. The molecule has 0 aromatic heterocycles. The quantitative estimate of drug-likeness (QED) is 0.383. The van der Waals surface area contributed by atoms with Crippen molar-refractivity contribution in [3.05, 3.63) is 42.5 Å². The Kier molecular flexibility index (Phi) is 9.29. The highest BCUT2D eigenvalue weighted by Crippen LogP contribution is 2.22. The van der Waals surface area contributed by atoms with Crippen LogP contribution in [0.5, 0.6) is 0 Å². The topological polar surface area (TPSA) is 26.3 Å². The zero-order valence-corrected chi connectivity index (χ0v) is 14.1. The summed E-state index contributed by atoms with van der Waals surface area (Å²) in [6.45, 7) is 7.86. The van der Waals surface area contributed by atoms with Gasteiger partial charge >= 0.3 is 5.97 Å². The molecule has 0 saturated carbocycles. The molecule has 2 heteroatoms. The minimum Gasteiger partial charge on any atom is -0.462 e. The first-order valence-corrected chi connectivity index (χ1v) is 8.54. The van der Waals surface area contributed by atoms with Crippen molar-refractivity contribution in [2.75, 3.05) is 0 Å². The molecule has 22 heavy (non-hydrogen) atoms. The van der Waals surface area contributed by atoms with E-state index in [1.807, 2.05) is 18.2 Å². The number of carbonyl (C=O) groups excluding carboxylic acids is 1. The Labute approximate surface area is 135 Å². The highest BCUT2D eigenvalue weighted by atomic mass is 16.5. The summed E-state index contributed by atoms with van der Waals surface area (Å²) in [5.41, 5.74) is 2.17. The Bertz CT molecular complexity index is 436. The summed E-state index contributed by atoms with van der Waals surface area (Å²) < 4.78 is 5.47. The van der Waals surface area contributed by atoms with Gasteiger partial charge in [0.05, 0.1) is 0 Å². The first-order chi connectivity index (χ1) is 10.6. The number of rotatable bonds is 11. The molecule has 0 aliphatic rings. The fraction of sp³-hybridized carbons (Fsp3) is 0.550. The third kappa shape index (κ3) is 8.02. The van der Waals surface area contributed by atoms with Crippen LogP contribution in [0.2, 0.25) is 0 Å². The second kappa shape index (κ2) is 11.1. The van der Waals surface area contributed by atoms with E-state index in [4.69, 9.17) is 4.74 Å². The molecule has 1 atom stereocenters. The minimum absolute atomic E-state index is 0.0450. The molecule has 0 radical (unpaired) electrons. The highest BCUT2D eigenvalue weighted by molar-refractivity contribution is 5.67. The predicted octanol–water partition coefficient (Wildman–Crippen LogP) is 5.77. The molecule has 2 nitrogen and oxygen atoms in total. The van der Waals surface area contributed by atoms with Crippen LogP contribution in [0.4, 0.5) is 0 Å². The Morgan fingerprint density at radius 3 is 2.36 bits per heavy atom. The van der Waals surface area contributed by atoms with Crippen LogP contribution in [0.15, 0.2) is 36.9 Å². The van der Waals surface area contributed by atoms with Crippen molar-refractivity contribution in [1.29, 1.82) is 0 Å².